The van der Waals surface area contributed by atoms with E-state index < -0.39 is 0 Å². The molecule has 0 spiro atoms. The molecule has 3 rings (SSSR count). The van der Waals surface area contributed by atoms with Crippen LogP contribution in [0.4, 0.5) is 10.1 Å². The van der Waals surface area contributed by atoms with E-state index in [1.807, 2.05) is 31.2 Å². The van der Waals surface area contributed by atoms with Gasteiger partial charge in [-0.25, -0.2) is 4.39 Å². The fraction of sp³-hybridized carbons (Fsp3) is 0.158. The SMILES string of the molecule is CC(=O)c1c(C)nc2ccccc2c1NCc1ccc(F)cc1. The number of benzene rings is 2. The number of anilines is 1. The zero-order chi connectivity index (χ0) is 16.4. The van der Waals surface area contributed by atoms with Crippen LogP contribution in [0.2, 0.25) is 0 Å². The summed E-state index contributed by atoms with van der Waals surface area (Å²) in [5.41, 5.74) is 3.88. The van der Waals surface area contributed by atoms with Crippen LogP contribution in [-0.2, 0) is 6.54 Å². The molecule has 116 valence electrons. The molecule has 23 heavy (non-hydrogen) atoms. The van der Waals surface area contributed by atoms with Crippen LogP contribution in [0, 0.1) is 12.7 Å². The number of rotatable bonds is 4. The molecule has 1 N–H and O–H groups in total. The van der Waals surface area contributed by atoms with Gasteiger partial charge < -0.3 is 5.32 Å². The zero-order valence-electron chi connectivity index (χ0n) is 13.1. The maximum Gasteiger partial charge on any atom is 0.163 e. The number of nitrogens with one attached hydrogen (secondary N) is 1. The minimum absolute atomic E-state index is 0.0256. The van der Waals surface area contributed by atoms with E-state index in [4.69, 9.17) is 0 Å². The van der Waals surface area contributed by atoms with Crippen molar-refractivity contribution in [3.05, 3.63) is 71.2 Å². The second-order valence-electron chi connectivity index (χ2n) is 5.50. The molecule has 2 aromatic carbocycles. The molecule has 0 saturated heterocycles. The second-order valence-corrected chi connectivity index (χ2v) is 5.50. The summed E-state index contributed by atoms with van der Waals surface area (Å²) in [6.07, 6.45) is 0. The van der Waals surface area contributed by atoms with Gasteiger partial charge in [0.2, 0.25) is 0 Å². The van der Waals surface area contributed by atoms with Gasteiger partial charge in [0.1, 0.15) is 5.82 Å². The standard InChI is InChI=1S/C19H17FN2O/c1-12-18(13(2)23)19(16-5-3-4-6-17(16)22-12)21-11-14-7-9-15(20)10-8-14/h3-10H,11H2,1-2H3,(H,21,22). The van der Waals surface area contributed by atoms with Crippen molar-refractivity contribution in [2.75, 3.05) is 5.32 Å². The van der Waals surface area contributed by atoms with Crippen LogP contribution < -0.4 is 5.32 Å². The fourth-order valence-corrected chi connectivity index (χ4v) is 2.74. The number of carbonyl (C=O) groups is 1. The maximum absolute atomic E-state index is 13.0. The van der Waals surface area contributed by atoms with Crippen LogP contribution in [0.5, 0.6) is 0 Å². The molecule has 0 radical (unpaired) electrons. The number of ketones is 1. The molecule has 0 fully saturated rings. The first-order valence-corrected chi connectivity index (χ1v) is 7.45. The molecule has 0 aliphatic heterocycles. The van der Waals surface area contributed by atoms with Crippen molar-refractivity contribution in [2.24, 2.45) is 0 Å². The van der Waals surface area contributed by atoms with Crippen molar-refractivity contribution >= 4 is 22.4 Å². The van der Waals surface area contributed by atoms with Gasteiger partial charge in [-0.1, -0.05) is 30.3 Å². The molecule has 0 atom stereocenters. The molecule has 0 unspecified atom stereocenters. The number of halogens is 1. The Labute approximate surface area is 134 Å². The first-order chi connectivity index (χ1) is 11.1. The molecular weight excluding hydrogens is 291 g/mol. The number of hydrogen-bond acceptors (Lipinski definition) is 3. The van der Waals surface area contributed by atoms with Gasteiger partial charge in [-0.15, -0.1) is 0 Å². The first-order valence-electron chi connectivity index (χ1n) is 7.45. The monoisotopic (exact) mass is 308 g/mol. The van der Waals surface area contributed by atoms with Crippen molar-refractivity contribution in [3.63, 3.8) is 0 Å². The fourth-order valence-electron chi connectivity index (χ4n) is 2.74. The van der Waals surface area contributed by atoms with E-state index in [-0.39, 0.29) is 11.6 Å². The van der Waals surface area contributed by atoms with E-state index in [0.717, 1.165) is 22.2 Å². The molecule has 3 nitrogen and oxygen atoms in total. The largest absolute Gasteiger partial charge is 0.380 e. The number of pyridine rings is 1. The molecule has 1 aromatic heterocycles. The van der Waals surface area contributed by atoms with Gasteiger partial charge >= 0.3 is 0 Å². The molecule has 0 bridgehead atoms. The van der Waals surface area contributed by atoms with Crippen molar-refractivity contribution in [3.8, 4) is 0 Å². The lowest BCUT2D eigenvalue weighted by Crippen LogP contribution is -2.09. The minimum Gasteiger partial charge on any atom is -0.380 e. The minimum atomic E-state index is -0.261. The summed E-state index contributed by atoms with van der Waals surface area (Å²) in [7, 11) is 0. The smallest absolute Gasteiger partial charge is 0.163 e. The van der Waals surface area contributed by atoms with Gasteiger partial charge in [0, 0.05) is 11.9 Å². The highest BCUT2D eigenvalue weighted by Crippen LogP contribution is 2.29. The summed E-state index contributed by atoms with van der Waals surface area (Å²) in [4.78, 5) is 16.6. The van der Waals surface area contributed by atoms with Crippen LogP contribution in [0.25, 0.3) is 10.9 Å². The Hall–Kier alpha value is -2.75. The van der Waals surface area contributed by atoms with Gasteiger partial charge in [-0.05, 0) is 37.6 Å². The Morgan fingerprint density at radius 2 is 1.83 bits per heavy atom. The summed E-state index contributed by atoms with van der Waals surface area (Å²) in [5.74, 6) is -0.286. The average Bonchev–Trinajstić information content (AvgIpc) is 2.53. The van der Waals surface area contributed by atoms with E-state index in [2.05, 4.69) is 10.3 Å². The number of aryl methyl sites for hydroxylation is 1. The predicted octanol–water partition coefficient (Wildman–Crippen LogP) is 4.50. The number of hydrogen-bond donors (Lipinski definition) is 1. The summed E-state index contributed by atoms with van der Waals surface area (Å²) >= 11 is 0. The number of aromatic nitrogens is 1. The molecule has 0 aliphatic rings. The van der Waals surface area contributed by atoms with Gasteiger partial charge in [0.15, 0.2) is 5.78 Å². The van der Waals surface area contributed by atoms with E-state index in [1.54, 1.807) is 19.1 Å². The lowest BCUT2D eigenvalue weighted by atomic mass is 10.0. The first kappa shape index (κ1) is 15.2. The van der Waals surface area contributed by atoms with Crippen molar-refractivity contribution in [1.82, 2.24) is 4.98 Å². The van der Waals surface area contributed by atoms with Crippen molar-refractivity contribution in [2.45, 2.75) is 20.4 Å². The van der Waals surface area contributed by atoms with Gasteiger partial charge in [-0.2, -0.15) is 0 Å². The predicted molar refractivity (Wildman–Crippen MR) is 90.2 cm³/mol. The number of fused-ring (bicyclic) bond motifs is 1. The number of para-hydroxylation sites is 1. The Bertz CT molecular complexity index is 872. The van der Waals surface area contributed by atoms with Crippen molar-refractivity contribution < 1.29 is 9.18 Å². The third kappa shape index (κ3) is 3.06. The molecule has 1 heterocycles. The number of nitrogens with zero attached hydrogens (tertiary/aromatic N) is 1. The summed E-state index contributed by atoms with van der Waals surface area (Å²) in [5, 5.41) is 4.24. The molecule has 0 amide bonds. The topological polar surface area (TPSA) is 42.0 Å². The molecule has 0 saturated carbocycles. The summed E-state index contributed by atoms with van der Waals surface area (Å²) in [6, 6.07) is 14.0. The van der Waals surface area contributed by atoms with Crippen LogP contribution in [-0.4, -0.2) is 10.8 Å². The molecule has 4 heteroatoms. The van der Waals surface area contributed by atoms with Crippen LogP contribution >= 0.6 is 0 Å². The second kappa shape index (κ2) is 6.16. The third-order valence-corrected chi connectivity index (χ3v) is 3.81. The third-order valence-electron chi connectivity index (χ3n) is 3.81. The number of carbonyl (C=O) groups excluding carboxylic acids is 1. The van der Waals surface area contributed by atoms with E-state index in [0.29, 0.717) is 17.8 Å². The quantitative estimate of drug-likeness (QED) is 0.722. The zero-order valence-corrected chi connectivity index (χ0v) is 13.1. The highest BCUT2D eigenvalue weighted by molar-refractivity contribution is 6.08. The van der Waals surface area contributed by atoms with Crippen LogP contribution in [0.15, 0.2) is 48.5 Å². The molecule has 0 aliphatic carbocycles. The van der Waals surface area contributed by atoms with E-state index in [1.165, 1.54) is 12.1 Å². The molecule has 3 aromatic rings. The van der Waals surface area contributed by atoms with E-state index in [9.17, 15) is 9.18 Å². The van der Waals surface area contributed by atoms with Crippen molar-refractivity contribution in [1.29, 1.82) is 0 Å². The lowest BCUT2D eigenvalue weighted by Gasteiger charge is -2.15. The Balaban J connectivity index is 2.05. The highest BCUT2D eigenvalue weighted by atomic mass is 19.1. The Morgan fingerprint density at radius 3 is 2.52 bits per heavy atom. The summed E-state index contributed by atoms with van der Waals surface area (Å²) in [6.45, 7) is 3.89. The normalized spacial score (nSPS) is 10.7. The van der Waals surface area contributed by atoms with Gasteiger partial charge in [0.05, 0.1) is 22.5 Å². The van der Waals surface area contributed by atoms with Crippen LogP contribution in [0.3, 0.4) is 0 Å². The van der Waals surface area contributed by atoms with Crippen LogP contribution in [0.1, 0.15) is 28.5 Å². The lowest BCUT2D eigenvalue weighted by molar-refractivity contribution is 0.101. The average molecular weight is 308 g/mol. The Morgan fingerprint density at radius 1 is 1.13 bits per heavy atom. The van der Waals surface area contributed by atoms with Gasteiger partial charge in [0.25, 0.3) is 0 Å². The Kier molecular flexibility index (Phi) is 4.06. The summed E-state index contributed by atoms with van der Waals surface area (Å²) < 4.78 is 13.0. The molecular formula is C19H17FN2O. The maximum atomic E-state index is 13.0. The van der Waals surface area contributed by atoms with E-state index >= 15 is 0 Å². The van der Waals surface area contributed by atoms with Gasteiger partial charge in [-0.3, -0.25) is 9.78 Å². The highest BCUT2D eigenvalue weighted by Gasteiger charge is 2.15. The number of Topliss-reactive ketones (excluding diaryl/α,β-unsaturated/α-hetero) is 1.